The first-order valence-corrected chi connectivity index (χ1v) is 9.30. The molecule has 0 fully saturated rings. The van der Waals surface area contributed by atoms with Crippen LogP contribution in [0.2, 0.25) is 0 Å². The van der Waals surface area contributed by atoms with Gasteiger partial charge < -0.3 is 19.2 Å². The zero-order valence-corrected chi connectivity index (χ0v) is 15.1. The van der Waals surface area contributed by atoms with Crippen molar-refractivity contribution in [1.82, 2.24) is 0 Å². The summed E-state index contributed by atoms with van der Waals surface area (Å²) in [5.41, 5.74) is 0.131. The van der Waals surface area contributed by atoms with Crippen LogP contribution in [0, 0.1) is 0 Å². The molecule has 0 aromatic carbocycles. The summed E-state index contributed by atoms with van der Waals surface area (Å²) in [7, 11) is 4.29. The van der Waals surface area contributed by atoms with E-state index in [1.54, 1.807) is 0 Å². The number of likely N-dealkylation sites (N-methyl/N-ethyl adjacent to an activating group) is 1. The average molecular weight is 332 g/mol. The summed E-state index contributed by atoms with van der Waals surface area (Å²) in [6.45, 7) is 4.23. The Labute approximate surface area is 135 Å². The second-order valence-corrected chi connectivity index (χ2v) is 8.18. The monoisotopic (exact) mass is 332 g/mol. The molecule has 0 aliphatic carbocycles. The van der Waals surface area contributed by atoms with Crippen LogP contribution in [-0.4, -0.2) is 61.5 Å². The first kappa shape index (κ1) is 21.3. The predicted octanol–water partition coefficient (Wildman–Crippen LogP) is 2.02. The molecule has 0 saturated carbocycles. The van der Waals surface area contributed by atoms with Crippen LogP contribution in [0.3, 0.4) is 0 Å². The Balaban J connectivity index is 3.59. The van der Waals surface area contributed by atoms with Crippen LogP contribution in [0.15, 0.2) is 12.7 Å². The lowest BCUT2D eigenvalue weighted by atomic mass is 10.1. The standard InChI is InChI=1S/C16H30NO4P/c1-5-15(18)21-12-10-8-6-7-9-11-13-22(20)16(19)14-17(2,3)4/h5H,1,6-14H2,2-4H3/p+1. The van der Waals surface area contributed by atoms with Gasteiger partial charge in [0.05, 0.1) is 35.5 Å². The van der Waals surface area contributed by atoms with Gasteiger partial charge in [-0.2, -0.15) is 0 Å². The summed E-state index contributed by atoms with van der Waals surface area (Å²) in [6.07, 6.45) is 7.68. The van der Waals surface area contributed by atoms with E-state index in [-0.39, 0.29) is 11.4 Å². The highest BCUT2D eigenvalue weighted by Gasteiger charge is 2.16. The fourth-order valence-corrected chi connectivity index (χ4v) is 3.28. The number of rotatable bonds is 12. The van der Waals surface area contributed by atoms with E-state index in [1.807, 2.05) is 21.1 Å². The molecule has 0 radical (unpaired) electrons. The van der Waals surface area contributed by atoms with Crippen LogP contribution in [0.5, 0.6) is 0 Å². The normalized spacial score (nSPS) is 12.8. The molecule has 1 atom stereocenters. The fraction of sp³-hybridized carbons (Fsp3) is 0.750. The minimum Gasteiger partial charge on any atom is -0.629 e. The minimum absolute atomic E-state index is 0.131. The van der Waals surface area contributed by atoms with E-state index in [1.165, 1.54) is 6.08 Å². The maximum absolute atomic E-state index is 11.9. The molecular formula is C16H31NO4P+. The van der Waals surface area contributed by atoms with Crippen molar-refractivity contribution in [3.63, 3.8) is 0 Å². The lowest BCUT2D eigenvalue weighted by Crippen LogP contribution is -2.39. The molecule has 0 aliphatic rings. The summed E-state index contributed by atoms with van der Waals surface area (Å²) >= 11 is 0. The number of nitrogens with zero attached hydrogens (tertiary/aromatic N) is 1. The maximum atomic E-state index is 11.9. The van der Waals surface area contributed by atoms with Gasteiger partial charge in [0.25, 0.3) is 5.48 Å². The third-order valence-corrected chi connectivity index (χ3v) is 4.51. The largest absolute Gasteiger partial charge is 0.629 e. The number of carbonyl (C=O) groups is 1. The van der Waals surface area contributed by atoms with Crippen molar-refractivity contribution in [2.45, 2.75) is 38.5 Å². The van der Waals surface area contributed by atoms with Crippen LogP contribution in [0.1, 0.15) is 38.5 Å². The van der Waals surface area contributed by atoms with Crippen molar-refractivity contribution < 1.29 is 24.0 Å². The molecule has 128 valence electrons. The first-order valence-electron chi connectivity index (χ1n) is 7.85. The molecule has 0 aromatic rings. The zero-order valence-electron chi connectivity index (χ0n) is 14.2. The quantitative estimate of drug-likeness (QED) is 0.195. The molecule has 0 aliphatic heterocycles. The number of hydrogen-bond donors (Lipinski definition) is 1. The Morgan fingerprint density at radius 2 is 1.73 bits per heavy atom. The van der Waals surface area contributed by atoms with E-state index >= 15 is 0 Å². The van der Waals surface area contributed by atoms with Crippen molar-refractivity contribution in [3.05, 3.63) is 12.7 Å². The predicted molar refractivity (Wildman–Crippen MR) is 90.5 cm³/mol. The van der Waals surface area contributed by atoms with Crippen molar-refractivity contribution in [1.29, 1.82) is 0 Å². The second-order valence-electron chi connectivity index (χ2n) is 6.46. The summed E-state index contributed by atoms with van der Waals surface area (Å²) in [4.78, 5) is 22.7. The van der Waals surface area contributed by atoms with Gasteiger partial charge in [-0.1, -0.05) is 25.8 Å². The van der Waals surface area contributed by atoms with Crippen LogP contribution in [0.25, 0.3) is 0 Å². The zero-order chi connectivity index (χ0) is 17.0. The number of carbonyl (C=O) groups excluding carboxylic acids is 1. The van der Waals surface area contributed by atoms with Crippen LogP contribution >= 0.6 is 7.77 Å². The van der Waals surface area contributed by atoms with Gasteiger partial charge in [-0.15, -0.1) is 0 Å². The van der Waals surface area contributed by atoms with Gasteiger partial charge in [0.2, 0.25) is 0 Å². The summed E-state index contributed by atoms with van der Waals surface area (Å²) in [5.74, 6) is -0.367. The third-order valence-electron chi connectivity index (χ3n) is 3.07. The number of quaternary nitrogens is 1. The topological polar surface area (TPSA) is 69.6 Å². The Morgan fingerprint density at radius 3 is 2.27 bits per heavy atom. The molecule has 0 bridgehead atoms. The number of aliphatic hydroxyl groups is 1. The van der Waals surface area contributed by atoms with Gasteiger partial charge in [-0.25, -0.2) is 4.79 Å². The molecule has 6 heteroatoms. The number of aliphatic hydroxyl groups excluding tert-OH is 1. The second kappa shape index (κ2) is 11.8. The molecule has 5 nitrogen and oxygen atoms in total. The van der Waals surface area contributed by atoms with Gasteiger partial charge in [0.1, 0.15) is 6.16 Å². The highest BCUT2D eigenvalue weighted by atomic mass is 31.1. The summed E-state index contributed by atoms with van der Waals surface area (Å²) in [6, 6.07) is 0. The molecular weight excluding hydrogens is 301 g/mol. The van der Waals surface area contributed by atoms with Crippen LogP contribution in [-0.2, 0) is 9.53 Å². The Morgan fingerprint density at radius 1 is 1.18 bits per heavy atom. The highest BCUT2D eigenvalue weighted by molar-refractivity contribution is 7.51. The minimum atomic E-state index is -1.61. The molecule has 0 aromatic heterocycles. The van der Waals surface area contributed by atoms with Crippen molar-refractivity contribution in [2.75, 3.05) is 40.5 Å². The van der Waals surface area contributed by atoms with Gasteiger partial charge in [-0.05, 0) is 19.3 Å². The molecule has 0 spiro atoms. The van der Waals surface area contributed by atoms with E-state index < -0.39 is 7.77 Å². The van der Waals surface area contributed by atoms with Gasteiger partial charge in [-0.3, -0.25) is 0 Å². The molecule has 1 unspecified atom stereocenters. The molecule has 1 N–H and O–H groups in total. The maximum Gasteiger partial charge on any atom is 0.330 e. The average Bonchev–Trinajstić information content (AvgIpc) is 2.42. The van der Waals surface area contributed by atoms with Crippen molar-refractivity contribution in [2.24, 2.45) is 0 Å². The SMILES string of the molecule is C=CC(=O)OCCCCCCCC/[P+]([O-])=C(\O)C[N+](C)(C)C. The molecule has 0 amide bonds. The van der Waals surface area contributed by atoms with Crippen LogP contribution in [0.4, 0.5) is 0 Å². The molecule has 0 heterocycles. The molecule has 0 rings (SSSR count). The highest BCUT2D eigenvalue weighted by Crippen LogP contribution is 2.18. The molecule has 22 heavy (non-hydrogen) atoms. The molecule has 0 saturated heterocycles. The van der Waals surface area contributed by atoms with E-state index in [9.17, 15) is 14.8 Å². The summed E-state index contributed by atoms with van der Waals surface area (Å²) in [5, 5.41) is 9.79. The van der Waals surface area contributed by atoms with Crippen molar-refractivity contribution in [3.8, 4) is 0 Å². The van der Waals surface area contributed by atoms with Crippen molar-refractivity contribution >= 4 is 19.2 Å². The lowest BCUT2D eigenvalue weighted by Gasteiger charge is -2.22. The summed E-state index contributed by atoms with van der Waals surface area (Å²) < 4.78 is 5.48. The Hall–Kier alpha value is -0.740. The Bertz CT molecular complexity index is 375. The van der Waals surface area contributed by atoms with Gasteiger partial charge in [0, 0.05) is 6.08 Å². The van der Waals surface area contributed by atoms with Gasteiger partial charge in [0.15, 0.2) is 6.54 Å². The number of esters is 1. The van der Waals surface area contributed by atoms with Gasteiger partial charge >= 0.3 is 5.97 Å². The number of ether oxygens (including phenoxy) is 1. The van der Waals surface area contributed by atoms with E-state index in [0.29, 0.717) is 23.8 Å². The first-order chi connectivity index (χ1) is 10.3. The fourth-order valence-electron chi connectivity index (χ4n) is 1.93. The van der Waals surface area contributed by atoms with E-state index in [2.05, 4.69) is 6.58 Å². The Kier molecular flexibility index (Phi) is 11.4. The van der Waals surface area contributed by atoms with Crippen LogP contribution < -0.4 is 4.89 Å². The lowest BCUT2D eigenvalue weighted by molar-refractivity contribution is -0.861. The van der Waals surface area contributed by atoms with E-state index in [0.717, 1.165) is 38.5 Å². The number of unbranched alkanes of at least 4 members (excludes halogenated alkanes) is 5. The third kappa shape index (κ3) is 13.0. The smallest absolute Gasteiger partial charge is 0.330 e. The number of hydrogen-bond acceptors (Lipinski definition) is 3. The van der Waals surface area contributed by atoms with E-state index in [4.69, 9.17) is 4.74 Å².